The summed E-state index contributed by atoms with van der Waals surface area (Å²) in [5.74, 6) is 1.07. The SMILES string of the molecule is Cc1ncc(CNCCn2c(C)nc3ccccc32)s1. The van der Waals surface area contributed by atoms with Gasteiger partial charge in [0.2, 0.25) is 0 Å². The van der Waals surface area contributed by atoms with E-state index >= 15 is 0 Å². The van der Waals surface area contributed by atoms with Crippen LogP contribution in [0.5, 0.6) is 0 Å². The lowest BCUT2D eigenvalue weighted by atomic mass is 10.3. The third kappa shape index (κ3) is 2.73. The van der Waals surface area contributed by atoms with Gasteiger partial charge in [-0.2, -0.15) is 0 Å². The van der Waals surface area contributed by atoms with Crippen molar-refractivity contribution in [1.29, 1.82) is 0 Å². The van der Waals surface area contributed by atoms with Crippen LogP contribution in [-0.2, 0) is 13.1 Å². The lowest BCUT2D eigenvalue weighted by molar-refractivity contribution is 0.600. The molecule has 2 aromatic heterocycles. The second-order valence-corrected chi connectivity index (χ2v) is 6.14. The van der Waals surface area contributed by atoms with Gasteiger partial charge in [0.1, 0.15) is 5.82 Å². The predicted molar refractivity (Wildman–Crippen MR) is 83.0 cm³/mol. The Bertz CT molecular complexity index is 714. The summed E-state index contributed by atoms with van der Waals surface area (Å²) in [6, 6.07) is 8.28. The average molecular weight is 286 g/mol. The summed E-state index contributed by atoms with van der Waals surface area (Å²) in [6.45, 7) is 6.85. The van der Waals surface area contributed by atoms with Gasteiger partial charge >= 0.3 is 0 Å². The van der Waals surface area contributed by atoms with Gasteiger partial charge in [-0.05, 0) is 26.0 Å². The van der Waals surface area contributed by atoms with Gasteiger partial charge in [-0.15, -0.1) is 11.3 Å². The number of imidazole rings is 1. The molecule has 0 aliphatic heterocycles. The number of nitrogens with zero attached hydrogens (tertiary/aromatic N) is 3. The van der Waals surface area contributed by atoms with Crippen LogP contribution < -0.4 is 5.32 Å². The zero-order chi connectivity index (χ0) is 13.9. The number of fused-ring (bicyclic) bond motifs is 1. The molecule has 20 heavy (non-hydrogen) atoms. The fourth-order valence-electron chi connectivity index (χ4n) is 2.37. The number of benzene rings is 1. The molecule has 4 nitrogen and oxygen atoms in total. The number of rotatable bonds is 5. The van der Waals surface area contributed by atoms with Crippen molar-refractivity contribution in [2.45, 2.75) is 26.9 Å². The first-order valence-corrected chi connectivity index (χ1v) is 7.59. The molecule has 0 amide bonds. The third-order valence-corrected chi connectivity index (χ3v) is 4.24. The standard InChI is InChI=1S/C15H18N4S/c1-11-18-14-5-3-4-6-15(14)19(11)8-7-16-9-13-10-17-12(2)20-13/h3-6,10,16H,7-9H2,1-2H3. The summed E-state index contributed by atoms with van der Waals surface area (Å²) in [6.07, 6.45) is 1.95. The Balaban J connectivity index is 1.61. The number of hydrogen-bond donors (Lipinski definition) is 1. The summed E-state index contributed by atoms with van der Waals surface area (Å²) in [7, 11) is 0. The highest BCUT2D eigenvalue weighted by molar-refractivity contribution is 7.11. The third-order valence-electron chi connectivity index (χ3n) is 3.33. The van der Waals surface area contributed by atoms with Gasteiger partial charge in [0.15, 0.2) is 0 Å². The maximum Gasteiger partial charge on any atom is 0.106 e. The van der Waals surface area contributed by atoms with Crippen LogP contribution in [0.3, 0.4) is 0 Å². The highest BCUT2D eigenvalue weighted by Gasteiger charge is 2.05. The van der Waals surface area contributed by atoms with E-state index in [9.17, 15) is 0 Å². The normalized spacial score (nSPS) is 11.3. The van der Waals surface area contributed by atoms with Gasteiger partial charge in [0, 0.05) is 30.7 Å². The number of hydrogen-bond acceptors (Lipinski definition) is 4. The molecule has 0 saturated heterocycles. The number of nitrogens with one attached hydrogen (secondary N) is 1. The van der Waals surface area contributed by atoms with E-state index in [1.54, 1.807) is 11.3 Å². The van der Waals surface area contributed by atoms with Crippen LogP contribution in [-0.4, -0.2) is 21.1 Å². The Kier molecular flexibility index (Phi) is 3.80. The van der Waals surface area contributed by atoms with E-state index in [1.165, 1.54) is 10.4 Å². The summed E-state index contributed by atoms with van der Waals surface area (Å²) < 4.78 is 2.26. The fraction of sp³-hybridized carbons (Fsp3) is 0.333. The van der Waals surface area contributed by atoms with E-state index in [0.717, 1.165) is 36.0 Å². The number of aromatic nitrogens is 3. The predicted octanol–water partition coefficient (Wildman–Crippen LogP) is 2.90. The lowest BCUT2D eigenvalue weighted by Crippen LogP contribution is -2.19. The first-order chi connectivity index (χ1) is 9.74. The Morgan fingerprint density at radius 2 is 2.10 bits per heavy atom. The van der Waals surface area contributed by atoms with Gasteiger partial charge in [0.05, 0.1) is 16.0 Å². The molecule has 3 rings (SSSR count). The molecule has 0 radical (unpaired) electrons. The van der Waals surface area contributed by atoms with E-state index in [0.29, 0.717) is 0 Å². The van der Waals surface area contributed by atoms with E-state index in [4.69, 9.17) is 0 Å². The molecule has 1 N–H and O–H groups in total. The monoisotopic (exact) mass is 286 g/mol. The van der Waals surface area contributed by atoms with Gasteiger partial charge in [-0.1, -0.05) is 12.1 Å². The van der Waals surface area contributed by atoms with E-state index in [-0.39, 0.29) is 0 Å². The minimum absolute atomic E-state index is 0.886. The Labute approximate surface area is 122 Å². The van der Waals surface area contributed by atoms with Crippen molar-refractivity contribution in [3.63, 3.8) is 0 Å². The Morgan fingerprint density at radius 1 is 1.25 bits per heavy atom. The maximum absolute atomic E-state index is 4.58. The highest BCUT2D eigenvalue weighted by Crippen LogP contribution is 2.15. The summed E-state index contributed by atoms with van der Waals surface area (Å²) in [4.78, 5) is 10.1. The van der Waals surface area contributed by atoms with Crippen LogP contribution >= 0.6 is 11.3 Å². The zero-order valence-electron chi connectivity index (χ0n) is 11.8. The first-order valence-electron chi connectivity index (χ1n) is 6.78. The molecule has 0 spiro atoms. The molecule has 0 fully saturated rings. The average Bonchev–Trinajstić information content (AvgIpc) is 2.98. The molecule has 0 saturated carbocycles. The molecule has 0 unspecified atom stereocenters. The van der Waals surface area contributed by atoms with Crippen molar-refractivity contribution in [3.8, 4) is 0 Å². The van der Waals surface area contributed by atoms with Crippen LogP contribution in [0.4, 0.5) is 0 Å². The Morgan fingerprint density at radius 3 is 2.90 bits per heavy atom. The molecule has 0 atom stereocenters. The summed E-state index contributed by atoms with van der Waals surface area (Å²) in [5.41, 5.74) is 2.28. The van der Waals surface area contributed by atoms with Crippen molar-refractivity contribution >= 4 is 22.4 Å². The van der Waals surface area contributed by atoms with Crippen molar-refractivity contribution in [2.75, 3.05) is 6.54 Å². The van der Waals surface area contributed by atoms with Crippen LogP contribution in [0.15, 0.2) is 30.5 Å². The molecule has 2 heterocycles. The number of thiazole rings is 1. The van der Waals surface area contributed by atoms with Crippen LogP contribution in [0, 0.1) is 13.8 Å². The van der Waals surface area contributed by atoms with E-state index < -0.39 is 0 Å². The second-order valence-electron chi connectivity index (χ2n) is 4.82. The smallest absolute Gasteiger partial charge is 0.106 e. The van der Waals surface area contributed by atoms with Crippen molar-refractivity contribution in [3.05, 3.63) is 46.2 Å². The molecule has 3 aromatic rings. The summed E-state index contributed by atoms with van der Waals surface area (Å²) >= 11 is 1.75. The minimum atomic E-state index is 0.886. The molecule has 0 bridgehead atoms. The van der Waals surface area contributed by atoms with Crippen LogP contribution in [0.25, 0.3) is 11.0 Å². The lowest BCUT2D eigenvalue weighted by Gasteiger charge is -2.07. The molecular weight excluding hydrogens is 268 g/mol. The minimum Gasteiger partial charge on any atom is -0.327 e. The van der Waals surface area contributed by atoms with Gasteiger partial charge < -0.3 is 9.88 Å². The van der Waals surface area contributed by atoms with E-state index in [2.05, 4.69) is 45.0 Å². The highest BCUT2D eigenvalue weighted by atomic mass is 32.1. The van der Waals surface area contributed by atoms with Gasteiger partial charge in [-0.25, -0.2) is 9.97 Å². The molecular formula is C15H18N4S. The number of para-hydroxylation sites is 2. The molecule has 0 aliphatic rings. The topological polar surface area (TPSA) is 42.7 Å². The molecule has 0 aliphatic carbocycles. The van der Waals surface area contributed by atoms with Crippen molar-refractivity contribution < 1.29 is 0 Å². The molecule has 1 aromatic carbocycles. The quantitative estimate of drug-likeness (QED) is 0.733. The zero-order valence-corrected chi connectivity index (χ0v) is 12.6. The van der Waals surface area contributed by atoms with Crippen LogP contribution in [0.1, 0.15) is 15.7 Å². The fourth-order valence-corrected chi connectivity index (χ4v) is 3.13. The first kappa shape index (κ1) is 13.3. The van der Waals surface area contributed by atoms with Gasteiger partial charge in [-0.3, -0.25) is 0 Å². The van der Waals surface area contributed by atoms with Crippen LogP contribution in [0.2, 0.25) is 0 Å². The van der Waals surface area contributed by atoms with Gasteiger partial charge in [0.25, 0.3) is 0 Å². The Hall–Kier alpha value is -1.72. The number of aryl methyl sites for hydroxylation is 2. The van der Waals surface area contributed by atoms with E-state index in [1.807, 2.05) is 19.2 Å². The molecule has 5 heteroatoms. The molecule has 104 valence electrons. The summed E-state index contributed by atoms with van der Waals surface area (Å²) in [5, 5.41) is 4.59. The van der Waals surface area contributed by atoms with Crippen molar-refractivity contribution in [2.24, 2.45) is 0 Å². The largest absolute Gasteiger partial charge is 0.327 e. The second kappa shape index (κ2) is 5.73. The van der Waals surface area contributed by atoms with Crippen molar-refractivity contribution in [1.82, 2.24) is 19.9 Å². The maximum atomic E-state index is 4.58.